The van der Waals surface area contributed by atoms with Gasteiger partial charge in [0.05, 0.1) is 20.6 Å². The van der Waals surface area contributed by atoms with Gasteiger partial charge in [-0.2, -0.15) is 0 Å². The van der Waals surface area contributed by atoms with E-state index >= 15 is 0 Å². The summed E-state index contributed by atoms with van der Waals surface area (Å²) in [6.07, 6.45) is 21.5. The van der Waals surface area contributed by atoms with Crippen molar-refractivity contribution in [2.75, 3.05) is 46.9 Å². The molecule has 0 aromatic heterocycles. The van der Waals surface area contributed by atoms with Crippen molar-refractivity contribution in [3.8, 4) is 0 Å². The van der Waals surface area contributed by atoms with Gasteiger partial charge in [0.15, 0.2) is 0 Å². The van der Waals surface area contributed by atoms with E-state index in [1.54, 1.807) is 0 Å². The summed E-state index contributed by atoms with van der Waals surface area (Å²) in [5.74, 6) is -0.0133. The number of nitrogens with one attached hydrogen (secondary N) is 1. The van der Waals surface area contributed by atoms with Crippen LogP contribution in [0.5, 0.6) is 0 Å². The van der Waals surface area contributed by atoms with E-state index in [0.717, 1.165) is 43.5 Å². The molecule has 0 saturated carbocycles. The van der Waals surface area contributed by atoms with E-state index in [1.165, 1.54) is 89.9 Å². The van der Waals surface area contributed by atoms with Gasteiger partial charge in [-0.3, -0.25) is 4.79 Å². The second-order valence-electron chi connectivity index (χ2n) is 10.1. The third-order valence-corrected chi connectivity index (χ3v) is 6.27. The molecule has 4 nitrogen and oxygen atoms in total. The number of hydrogen-bond acceptors (Lipinski definition) is 3. The van der Waals surface area contributed by atoms with Crippen LogP contribution >= 0.6 is 0 Å². The maximum absolute atomic E-state index is 11.9. The highest BCUT2D eigenvalue weighted by atomic mass is 16.5. The first-order chi connectivity index (χ1) is 15.0. The minimum atomic E-state index is -0.0133. The number of rotatable bonds is 24. The number of unbranched alkanes of at least 4 members (excludes halogenated alkanes) is 13. The summed E-state index contributed by atoms with van der Waals surface area (Å²) in [5, 5.41) is 3.59. The van der Waals surface area contributed by atoms with Crippen molar-refractivity contribution in [2.45, 2.75) is 123 Å². The van der Waals surface area contributed by atoms with Gasteiger partial charge in [0.1, 0.15) is 13.2 Å². The van der Waals surface area contributed by atoms with E-state index in [9.17, 15) is 4.79 Å². The van der Waals surface area contributed by atoms with Crippen molar-refractivity contribution < 1.29 is 14.0 Å². The van der Waals surface area contributed by atoms with Crippen molar-refractivity contribution in [1.29, 1.82) is 0 Å². The number of nitrogens with zero attached hydrogens (tertiary/aromatic N) is 1. The van der Waals surface area contributed by atoms with Gasteiger partial charge in [-0.15, -0.1) is 0 Å². The largest absolute Gasteiger partial charge is 0.460 e. The van der Waals surface area contributed by atoms with Gasteiger partial charge in [0, 0.05) is 19.4 Å². The number of likely N-dealkylation sites (N-methyl/N-ethyl adjacent to an activating group) is 1. The van der Waals surface area contributed by atoms with Gasteiger partial charge >= 0.3 is 5.97 Å². The monoisotopic (exact) mass is 441 g/mol. The van der Waals surface area contributed by atoms with E-state index < -0.39 is 0 Å². The van der Waals surface area contributed by atoms with Crippen LogP contribution in [0.4, 0.5) is 0 Å². The Hall–Kier alpha value is -0.610. The molecule has 0 radical (unpaired) electrons. The minimum Gasteiger partial charge on any atom is -0.460 e. The summed E-state index contributed by atoms with van der Waals surface area (Å²) in [7, 11) is 4.48. The van der Waals surface area contributed by atoms with Crippen LogP contribution in [0.2, 0.25) is 0 Å². The summed E-state index contributed by atoms with van der Waals surface area (Å²) in [4.78, 5) is 11.9. The Kier molecular flexibility index (Phi) is 22.1. The van der Waals surface area contributed by atoms with Crippen LogP contribution in [-0.2, 0) is 9.53 Å². The maximum Gasteiger partial charge on any atom is 0.305 e. The third-order valence-electron chi connectivity index (χ3n) is 6.27. The Bertz CT molecular complexity index is 385. The van der Waals surface area contributed by atoms with Gasteiger partial charge in [-0.1, -0.05) is 97.3 Å². The lowest BCUT2D eigenvalue weighted by molar-refractivity contribution is -0.890. The SMILES string of the molecule is CCCCCCCCCCNCCC[N+](C)(C)CCOC(=O)CCCCCCCCC. The molecule has 0 spiro atoms. The van der Waals surface area contributed by atoms with Crippen LogP contribution in [0.3, 0.4) is 0 Å². The molecule has 0 aromatic rings. The molecule has 0 aromatic carbocycles. The molecule has 186 valence electrons. The number of quaternary nitrogens is 1. The van der Waals surface area contributed by atoms with Gasteiger partial charge in [-0.05, 0) is 19.4 Å². The zero-order valence-electron chi connectivity index (χ0n) is 21.8. The lowest BCUT2D eigenvalue weighted by atomic mass is 10.1. The van der Waals surface area contributed by atoms with Gasteiger partial charge in [-0.25, -0.2) is 0 Å². The van der Waals surface area contributed by atoms with E-state index in [4.69, 9.17) is 4.74 Å². The van der Waals surface area contributed by atoms with Crippen molar-refractivity contribution in [3.05, 3.63) is 0 Å². The Morgan fingerprint density at radius 1 is 0.645 bits per heavy atom. The number of hydrogen-bond donors (Lipinski definition) is 1. The number of ether oxygens (including phenoxy) is 1. The average Bonchev–Trinajstić information content (AvgIpc) is 2.73. The van der Waals surface area contributed by atoms with E-state index in [2.05, 4.69) is 33.3 Å². The molecule has 0 amide bonds. The van der Waals surface area contributed by atoms with Gasteiger partial charge in [0.2, 0.25) is 0 Å². The quantitative estimate of drug-likeness (QED) is 0.101. The molecule has 0 heterocycles. The molecule has 0 aliphatic rings. The van der Waals surface area contributed by atoms with Crippen molar-refractivity contribution in [3.63, 3.8) is 0 Å². The van der Waals surface area contributed by atoms with Gasteiger partial charge in [0.25, 0.3) is 0 Å². The molecule has 0 unspecified atom stereocenters. The lowest BCUT2D eigenvalue weighted by Gasteiger charge is -2.29. The predicted molar refractivity (Wildman–Crippen MR) is 136 cm³/mol. The number of esters is 1. The van der Waals surface area contributed by atoms with Crippen LogP contribution < -0.4 is 5.32 Å². The highest BCUT2D eigenvalue weighted by Gasteiger charge is 2.15. The molecule has 0 bridgehead atoms. The number of carbonyl (C=O) groups is 1. The molecular formula is C27H57N2O2+. The summed E-state index contributed by atoms with van der Waals surface area (Å²) in [5.41, 5.74) is 0. The summed E-state index contributed by atoms with van der Waals surface area (Å²) >= 11 is 0. The Morgan fingerprint density at radius 2 is 1.13 bits per heavy atom. The van der Waals surface area contributed by atoms with E-state index in [1.807, 2.05) is 0 Å². The average molecular weight is 442 g/mol. The van der Waals surface area contributed by atoms with Crippen molar-refractivity contribution in [2.24, 2.45) is 0 Å². The molecule has 0 aliphatic heterocycles. The normalized spacial score (nSPS) is 11.7. The summed E-state index contributed by atoms with van der Waals surface area (Å²) in [6, 6.07) is 0. The number of carbonyl (C=O) groups excluding carboxylic acids is 1. The van der Waals surface area contributed by atoms with Crippen molar-refractivity contribution >= 4 is 5.97 Å². The Morgan fingerprint density at radius 3 is 1.71 bits per heavy atom. The molecule has 0 aliphatic carbocycles. The van der Waals surface area contributed by atoms with Crippen molar-refractivity contribution in [1.82, 2.24) is 5.32 Å². The third kappa shape index (κ3) is 23.9. The maximum atomic E-state index is 11.9. The fraction of sp³-hybridized carbons (Fsp3) is 0.963. The van der Waals surface area contributed by atoms with Crippen LogP contribution in [0.1, 0.15) is 123 Å². The standard InChI is InChI=1S/C27H57N2O2/c1-5-7-9-11-13-15-17-19-22-28-23-20-24-29(3,4)25-26-31-27(30)21-18-16-14-12-10-8-6-2/h28H,5-26H2,1-4H3/q+1. The zero-order chi connectivity index (χ0) is 23.0. The minimum absolute atomic E-state index is 0.0133. The van der Waals surface area contributed by atoms with Crippen LogP contribution in [-0.4, -0.2) is 57.3 Å². The molecule has 0 saturated heterocycles. The zero-order valence-corrected chi connectivity index (χ0v) is 21.8. The van der Waals surface area contributed by atoms with E-state index in [-0.39, 0.29) is 5.97 Å². The first-order valence-electron chi connectivity index (χ1n) is 13.7. The fourth-order valence-electron chi connectivity index (χ4n) is 3.96. The van der Waals surface area contributed by atoms with Crippen LogP contribution in [0, 0.1) is 0 Å². The van der Waals surface area contributed by atoms with Crippen LogP contribution in [0.25, 0.3) is 0 Å². The van der Waals surface area contributed by atoms with Gasteiger partial charge < -0.3 is 14.5 Å². The molecule has 0 fully saturated rings. The first-order valence-corrected chi connectivity index (χ1v) is 13.7. The molecule has 1 N–H and O–H groups in total. The molecule has 31 heavy (non-hydrogen) atoms. The topological polar surface area (TPSA) is 38.3 Å². The fourth-order valence-corrected chi connectivity index (χ4v) is 3.96. The highest BCUT2D eigenvalue weighted by Crippen LogP contribution is 2.09. The second kappa shape index (κ2) is 22.6. The molecular weight excluding hydrogens is 384 g/mol. The Balaban J connectivity index is 3.45. The molecule has 4 heteroatoms. The Labute approximate surface area is 195 Å². The smallest absolute Gasteiger partial charge is 0.305 e. The first kappa shape index (κ1) is 30.4. The lowest BCUT2D eigenvalue weighted by Crippen LogP contribution is -2.44. The van der Waals surface area contributed by atoms with E-state index in [0.29, 0.717) is 13.0 Å². The summed E-state index contributed by atoms with van der Waals surface area (Å²) in [6.45, 7) is 9.34. The second-order valence-corrected chi connectivity index (χ2v) is 10.1. The predicted octanol–water partition coefficient (Wildman–Crippen LogP) is 6.87. The van der Waals surface area contributed by atoms with Crippen LogP contribution in [0.15, 0.2) is 0 Å². The molecule has 0 atom stereocenters. The highest BCUT2D eigenvalue weighted by molar-refractivity contribution is 5.69. The molecule has 0 rings (SSSR count). The summed E-state index contributed by atoms with van der Waals surface area (Å²) < 4.78 is 6.39.